The van der Waals surface area contributed by atoms with Gasteiger partial charge in [0.25, 0.3) is 11.6 Å². The van der Waals surface area contributed by atoms with Crippen molar-refractivity contribution < 1.29 is 9.72 Å². The molecule has 0 fully saturated rings. The standard InChI is InChI=1S/C12H12ClN5O3/c1-6-10(5-17(2)16-6)15-12(19)8-3-7(18(20)21)4-9(13)11(8)14/h3-5H,14H2,1-2H3,(H,15,19). The van der Waals surface area contributed by atoms with Crippen molar-refractivity contribution in [3.63, 3.8) is 0 Å². The number of halogens is 1. The highest BCUT2D eigenvalue weighted by molar-refractivity contribution is 6.34. The van der Waals surface area contributed by atoms with Gasteiger partial charge in [0.2, 0.25) is 0 Å². The van der Waals surface area contributed by atoms with Crippen molar-refractivity contribution in [2.24, 2.45) is 7.05 Å². The zero-order valence-electron chi connectivity index (χ0n) is 11.3. The average Bonchev–Trinajstić information content (AvgIpc) is 2.70. The second-order valence-corrected chi connectivity index (χ2v) is 4.81. The third-order valence-corrected chi connectivity index (χ3v) is 3.14. The van der Waals surface area contributed by atoms with Gasteiger partial charge < -0.3 is 11.1 Å². The lowest BCUT2D eigenvalue weighted by atomic mass is 10.1. The second-order valence-electron chi connectivity index (χ2n) is 4.40. The molecule has 0 radical (unpaired) electrons. The molecule has 2 rings (SSSR count). The van der Waals surface area contributed by atoms with Crippen molar-refractivity contribution in [1.82, 2.24) is 9.78 Å². The maximum Gasteiger partial charge on any atom is 0.271 e. The number of nitrogens with zero attached hydrogens (tertiary/aromatic N) is 3. The molecule has 0 atom stereocenters. The maximum atomic E-state index is 12.2. The molecule has 2 aromatic rings. The van der Waals surface area contributed by atoms with E-state index >= 15 is 0 Å². The van der Waals surface area contributed by atoms with Gasteiger partial charge in [-0.05, 0) is 6.92 Å². The van der Waals surface area contributed by atoms with E-state index in [1.807, 2.05) is 0 Å². The number of nitro groups is 1. The first-order chi connectivity index (χ1) is 9.79. The lowest BCUT2D eigenvalue weighted by Gasteiger charge is -2.08. The van der Waals surface area contributed by atoms with Crippen LogP contribution in [0.5, 0.6) is 0 Å². The summed E-state index contributed by atoms with van der Waals surface area (Å²) in [5.74, 6) is -0.589. The fourth-order valence-electron chi connectivity index (χ4n) is 1.81. The molecule has 0 saturated heterocycles. The van der Waals surface area contributed by atoms with Gasteiger partial charge in [-0.3, -0.25) is 19.6 Å². The molecule has 1 aromatic carbocycles. The first-order valence-electron chi connectivity index (χ1n) is 5.84. The molecule has 0 aliphatic heterocycles. The number of carbonyl (C=O) groups excluding carboxylic acids is 1. The number of hydrogen-bond acceptors (Lipinski definition) is 5. The molecule has 21 heavy (non-hydrogen) atoms. The van der Waals surface area contributed by atoms with Gasteiger partial charge >= 0.3 is 0 Å². The van der Waals surface area contributed by atoms with E-state index in [0.29, 0.717) is 11.4 Å². The predicted octanol–water partition coefficient (Wildman–Crippen LogP) is 2.12. The van der Waals surface area contributed by atoms with Crippen LogP contribution in [0, 0.1) is 17.0 Å². The Morgan fingerprint density at radius 2 is 2.19 bits per heavy atom. The Hall–Kier alpha value is -2.61. The highest BCUT2D eigenvalue weighted by Gasteiger charge is 2.19. The monoisotopic (exact) mass is 309 g/mol. The molecule has 0 saturated carbocycles. The lowest BCUT2D eigenvalue weighted by Crippen LogP contribution is -2.15. The Bertz CT molecular complexity index is 741. The van der Waals surface area contributed by atoms with Crippen molar-refractivity contribution >= 4 is 34.6 Å². The van der Waals surface area contributed by atoms with E-state index in [2.05, 4.69) is 10.4 Å². The SMILES string of the molecule is Cc1nn(C)cc1NC(=O)c1cc([N+](=O)[O-])cc(Cl)c1N. The summed E-state index contributed by atoms with van der Waals surface area (Å²) in [4.78, 5) is 22.4. The van der Waals surface area contributed by atoms with Crippen LogP contribution in [-0.4, -0.2) is 20.6 Å². The molecule has 0 aliphatic carbocycles. The zero-order valence-corrected chi connectivity index (χ0v) is 12.0. The van der Waals surface area contributed by atoms with Crippen LogP contribution >= 0.6 is 11.6 Å². The minimum Gasteiger partial charge on any atom is -0.397 e. The quantitative estimate of drug-likeness (QED) is 0.512. The molecule has 0 aliphatic rings. The van der Waals surface area contributed by atoms with Crippen LogP contribution in [0.15, 0.2) is 18.3 Å². The second kappa shape index (κ2) is 5.41. The van der Waals surface area contributed by atoms with Crippen LogP contribution in [0.3, 0.4) is 0 Å². The minimum atomic E-state index is -0.641. The van der Waals surface area contributed by atoms with Gasteiger partial charge in [0.1, 0.15) is 0 Å². The van der Waals surface area contributed by atoms with Gasteiger partial charge in [-0.1, -0.05) is 11.6 Å². The van der Waals surface area contributed by atoms with E-state index in [4.69, 9.17) is 17.3 Å². The summed E-state index contributed by atoms with van der Waals surface area (Å²) < 4.78 is 1.54. The number of nitro benzene ring substituents is 1. The molecule has 1 amide bonds. The van der Waals surface area contributed by atoms with Crippen molar-refractivity contribution in [3.05, 3.63) is 44.7 Å². The van der Waals surface area contributed by atoms with Gasteiger partial charge in [-0.2, -0.15) is 5.10 Å². The fraction of sp³-hybridized carbons (Fsp3) is 0.167. The summed E-state index contributed by atoms with van der Waals surface area (Å²) in [5.41, 5.74) is 6.44. The molecule has 0 unspecified atom stereocenters. The Morgan fingerprint density at radius 1 is 1.52 bits per heavy atom. The molecule has 110 valence electrons. The number of nitrogen functional groups attached to an aromatic ring is 1. The largest absolute Gasteiger partial charge is 0.397 e. The van der Waals surface area contributed by atoms with Crippen LogP contribution in [-0.2, 0) is 7.05 Å². The number of amides is 1. The van der Waals surface area contributed by atoms with Crippen LogP contribution in [0.4, 0.5) is 17.1 Å². The van der Waals surface area contributed by atoms with Gasteiger partial charge in [0.15, 0.2) is 0 Å². The van der Waals surface area contributed by atoms with Crippen molar-refractivity contribution in [2.45, 2.75) is 6.92 Å². The smallest absolute Gasteiger partial charge is 0.271 e. The van der Waals surface area contributed by atoms with Crippen LogP contribution in [0.25, 0.3) is 0 Å². The Balaban J connectivity index is 2.39. The van der Waals surface area contributed by atoms with E-state index in [1.165, 1.54) is 4.68 Å². The Labute approximate surface area is 124 Å². The third-order valence-electron chi connectivity index (χ3n) is 2.83. The average molecular weight is 310 g/mol. The van der Waals surface area contributed by atoms with Crippen LogP contribution < -0.4 is 11.1 Å². The number of non-ortho nitro benzene ring substituents is 1. The molecule has 1 aromatic heterocycles. The van der Waals surface area contributed by atoms with Gasteiger partial charge in [0.05, 0.1) is 32.6 Å². The molecule has 0 spiro atoms. The number of hydrogen-bond donors (Lipinski definition) is 2. The number of rotatable bonds is 3. The van der Waals surface area contributed by atoms with Crippen molar-refractivity contribution in [1.29, 1.82) is 0 Å². The number of anilines is 2. The maximum absolute atomic E-state index is 12.2. The molecule has 8 nitrogen and oxygen atoms in total. The van der Waals surface area contributed by atoms with Gasteiger partial charge in [-0.15, -0.1) is 0 Å². The predicted molar refractivity (Wildman–Crippen MR) is 78.4 cm³/mol. The van der Waals surface area contributed by atoms with E-state index < -0.39 is 10.8 Å². The molecular weight excluding hydrogens is 298 g/mol. The van der Waals surface area contributed by atoms with Crippen molar-refractivity contribution in [2.75, 3.05) is 11.1 Å². The first kappa shape index (κ1) is 14.8. The number of aromatic nitrogens is 2. The normalized spacial score (nSPS) is 10.4. The molecular formula is C12H12ClN5O3. The Morgan fingerprint density at radius 3 is 2.71 bits per heavy atom. The summed E-state index contributed by atoms with van der Waals surface area (Å²) in [7, 11) is 1.71. The van der Waals surface area contributed by atoms with E-state index in [-0.39, 0.29) is 22.0 Å². The first-order valence-corrected chi connectivity index (χ1v) is 6.22. The highest BCUT2D eigenvalue weighted by atomic mass is 35.5. The summed E-state index contributed by atoms with van der Waals surface area (Å²) in [5, 5.41) is 17.4. The van der Waals surface area contributed by atoms with Crippen LogP contribution in [0.1, 0.15) is 16.1 Å². The number of aryl methyl sites for hydroxylation is 2. The van der Waals surface area contributed by atoms with Gasteiger partial charge in [-0.25, -0.2) is 0 Å². The number of nitrogens with two attached hydrogens (primary N) is 1. The summed E-state index contributed by atoms with van der Waals surface area (Å²) in [6.45, 7) is 1.72. The molecule has 1 heterocycles. The van der Waals surface area contributed by atoms with Crippen LogP contribution in [0.2, 0.25) is 5.02 Å². The fourth-order valence-corrected chi connectivity index (χ4v) is 2.02. The number of carbonyl (C=O) groups is 1. The molecule has 3 N–H and O–H groups in total. The number of nitrogens with one attached hydrogen (secondary N) is 1. The van der Waals surface area contributed by atoms with Gasteiger partial charge in [0, 0.05) is 25.4 Å². The summed E-state index contributed by atoms with van der Waals surface area (Å²) in [6, 6.07) is 2.19. The minimum absolute atomic E-state index is 0.0127. The van der Waals surface area contributed by atoms with E-state index in [1.54, 1.807) is 20.2 Å². The molecule has 9 heteroatoms. The summed E-state index contributed by atoms with van der Waals surface area (Å²) in [6.07, 6.45) is 1.61. The third kappa shape index (κ3) is 2.95. The Kier molecular flexibility index (Phi) is 3.81. The topological polar surface area (TPSA) is 116 Å². The highest BCUT2D eigenvalue weighted by Crippen LogP contribution is 2.29. The summed E-state index contributed by atoms with van der Waals surface area (Å²) >= 11 is 5.82. The lowest BCUT2D eigenvalue weighted by molar-refractivity contribution is -0.384. The zero-order chi connectivity index (χ0) is 15.7. The van der Waals surface area contributed by atoms with Crippen molar-refractivity contribution in [3.8, 4) is 0 Å². The molecule has 0 bridgehead atoms. The number of benzene rings is 1. The van der Waals surface area contributed by atoms with E-state index in [0.717, 1.165) is 12.1 Å². The van der Waals surface area contributed by atoms with E-state index in [9.17, 15) is 14.9 Å².